The fourth-order valence-electron chi connectivity index (χ4n) is 3.48. The normalized spacial score (nSPS) is 35.9. The smallest absolute Gasteiger partial charge is 0.311 e. The third-order valence-electron chi connectivity index (χ3n) is 5.23. The zero-order chi connectivity index (χ0) is 14.2. The highest BCUT2D eigenvalue weighted by Gasteiger charge is 2.49. The molecule has 0 aliphatic heterocycles. The van der Waals surface area contributed by atoms with Gasteiger partial charge in [0.2, 0.25) is 5.91 Å². The van der Waals surface area contributed by atoms with E-state index in [1.807, 2.05) is 6.92 Å². The molecule has 0 aromatic carbocycles. The maximum atomic E-state index is 12.2. The number of carboxylic acids is 1. The van der Waals surface area contributed by atoms with Crippen molar-refractivity contribution in [1.82, 2.24) is 5.32 Å². The van der Waals surface area contributed by atoms with Crippen molar-refractivity contribution in [3.05, 3.63) is 0 Å². The summed E-state index contributed by atoms with van der Waals surface area (Å²) in [4.78, 5) is 23.4. The van der Waals surface area contributed by atoms with Crippen LogP contribution in [0.1, 0.15) is 39.5 Å². The van der Waals surface area contributed by atoms with E-state index in [0.717, 1.165) is 19.3 Å². The van der Waals surface area contributed by atoms with Crippen molar-refractivity contribution < 1.29 is 14.7 Å². The highest BCUT2D eigenvalue weighted by molar-refractivity contribution is 5.82. The fraction of sp³-hybridized carbons (Fsp3) is 0.857. The van der Waals surface area contributed by atoms with Gasteiger partial charge in [0.05, 0.1) is 11.3 Å². The third kappa shape index (κ3) is 2.48. The fourth-order valence-corrected chi connectivity index (χ4v) is 3.48. The second-order valence-electron chi connectivity index (χ2n) is 6.37. The van der Waals surface area contributed by atoms with Gasteiger partial charge in [0, 0.05) is 12.6 Å². The van der Waals surface area contributed by atoms with Gasteiger partial charge in [0.1, 0.15) is 0 Å². The van der Waals surface area contributed by atoms with E-state index < -0.39 is 11.4 Å². The SMILES string of the molecule is CCC(C)(CNC(=O)C1C2CCC(C2)C1N)C(=O)O. The van der Waals surface area contributed by atoms with Crippen molar-refractivity contribution in [2.45, 2.75) is 45.6 Å². The molecule has 0 saturated heterocycles. The predicted molar refractivity (Wildman–Crippen MR) is 71.3 cm³/mol. The number of carbonyl (C=O) groups excluding carboxylic acids is 1. The molecule has 4 N–H and O–H groups in total. The molecule has 5 heteroatoms. The standard InChI is InChI=1S/C14H24N2O3/c1-3-14(2,13(18)19)7-16-12(17)10-8-4-5-9(6-8)11(10)15/h8-11H,3-7,15H2,1-2H3,(H,16,17)(H,18,19). The molecule has 2 aliphatic rings. The van der Waals surface area contributed by atoms with Crippen LogP contribution >= 0.6 is 0 Å². The first kappa shape index (κ1) is 14.3. The van der Waals surface area contributed by atoms with E-state index in [0.29, 0.717) is 18.3 Å². The van der Waals surface area contributed by atoms with Crippen LogP contribution in [-0.2, 0) is 9.59 Å². The van der Waals surface area contributed by atoms with Crippen LogP contribution in [0.15, 0.2) is 0 Å². The van der Waals surface area contributed by atoms with Crippen LogP contribution in [0.4, 0.5) is 0 Å². The summed E-state index contributed by atoms with van der Waals surface area (Å²) in [6.45, 7) is 3.66. The Balaban J connectivity index is 1.93. The van der Waals surface area contributed by atoms with E-state index in [4.69, 9.17) is 5.73 Å². The molecule has 5 atom stereocenters. The van der Waals surface area contributed by atoms with E-state index in [2.05, 4.69) is 5.32 Å². The first-order valence-electron chi connectivity index (χ1n) is 7.15. The number of hydrogen-bond donors (Lipinski definition) is 3. The maximum Gasteiger partial charge on any atom is 0.311 e. The van der Waals surface area contributed by atoms with Crippen LogP contribution in [0, 0.1) is 23.2 Å². The topological polar surface area (TPSA) is 92.4 Å². The molecule has 2 saturated carbocycles. The summed E-state index contributed by atoms with van der Waals surface area (Å²) in [5.41, 5.74) is 5.23. The summed E-state index contributed by atoms with van der Waals surface area (Å²) < 4.78 is 0. The lowest BCUT2D eigenvalue weighted by atomic mass is 9.83. The lowest BCUT2D eigenvalue weighted by Crippen LogP contribution is -2.48. The maximum absolute atomic E-state index is 12.2. The zero-order valence-corrected chi connectivity index (χ0v) is 11.7. The quantitative estimate of drug-likeness (QED) is 0.693. The molecular weight excluding hydrogens is 244 g/mol. The van der Waals surface area contributed by atoms with Crippen LogP contribution in [0.2, 0.25) is 0 Å². The van der Waals surface area contributed by atoms with Crippen molar-refractivity contribution in [2.75, 3.05) is 6.54 Å². The Labute approximate surface area is 113 Å². The van der Waals surface area contributed by atoms with Crippen molar-refractivity contribution in [2.24, 2.45) is 28.9 Å². The Morgan fingerprint density at radius 2 is 2.00 bits per heavy atom. The summed E-state index contributed by atoms with van der Waals surface area (Å²) in [5, 5.41) is 12.0. The Morgan fingerprint density at radius 3 is 2.47 bits per heavy atom. The number of carbonyl (C=O) groups is 2. The lowest BCUT2D eigenvalue weighted by Gasteiger charge is -2.29. The molecule has 0 aromatic heterocycles. The lowest BCUT2D eigenvalue weighted by molar-refractivity contribution is -0.148. The van der Waals surface area contributed by atoms with Gasteiger partial charge in [-0.3, -0.25) is 9.59 Å². The van der Waals surface area contributed by atoms with Gasteiger partial charge < -0.3 is 16.2 Å². The highest BCUT2D eigenvalue weighted by atomic mass is 16.4. The average molecular weight is 268 g/mol. The number of aliphatic carboxylic acids is 1. The minimum absolute atomic E-state index is 0.0449. The molecule has 0 spiro atoms. The number of hydrogen-bond acceptors (Lipinski definition) is 3. The molecule has 2 bridgehead atoms. The van der Waals surface area contributed by atoms with Gasteiger partial charge in [-0.15, -0.1) is 0 Å². The Kier molecular flexibility index (Phi) is 3.85. The van der Waals surface area contributed by atoms with Gasteiger partial charge in [-0.05, 0) is 44.4 Å². The second kappa shape index (κ2) is 5.12. The highest BCUT2D eigenvalue weighted by Crippen LogP contribution is 2.47. The molecule has 2 fully saturated rings. The summed E-state index contributed by atoms with van der Waals surface area (Å²) in [7, 11) is 0. The Bertz CT molecular complexity index is 383. The minimum Gasteiger partial charge on any atom is -0.481 e. The van der Waals surface area contributed by atoms with Gasteiger partial charge in [0.15, 0.2) is 0 Å². The molecule has 0 heterocycles. The molecular formula is C14H24N2O3. The van der Waals surface area contributed by atoms with E-state index in [1.165, 1.54) is 0 Å². The monoisotopic (exact) mass is 268 g/mol. The first-order chi connectivity index (χ1) is 8.89. The van der Waals surface area contributed by atoms with Gasteiger partial charge in [-0.2, -0.15) is 0 Å². The molecule has 0 radical (unpaired) electrons. The number of amides is 1. The Hall–Kier alpha value is -1.10. The number of carboxylic acid groups (broad SMARTS) is 1. The molecule has 1 amide bonds. The van der Waals surface area contributed by atoms with Crippen molar-refractivity contribution in [3.8, 4) is 0 Å². The van der Waals surface area contributed by atoms with E-state index in [1.54, 1.807) is 6.92 Å². The molecule has 5 unspecified atom stereocenters. The number of fused-ring (bicyclic) bond motifs is 2. The van der Waals surface area contributed by atoms with Crippen LogP contribution in [-0.4, -0.2) is 29.6 Å². The summed E-state index contributed by atoms with van der Waals surface area (Å²) in [6, 6.07) is -0.0449. The van der Waals surface area contributed by atoms with Crippen molar-refractivity contribution in [3.63, 3.8) is 0 Å². The molecule has 2 aliphatic carbocycles. The molecule has 2 rings (SSSR count). The summed E-state index contributed by atoms with van der Waals surface area (Å²) in [6.07, 6.45) is 3.77. The Morgan fingerprint density at radius 1 is 1.37 bits per heavy atom. The largest absolute Gasteiger partial charge is 0.481 e. The number of nitrogens with one attached hydrogen (secondary N) is 1. The third-order valence-corrected chi connectivity index (χ3v) is 5.23. The van der Waals surface area contributed by atoms with Gasteiger partial charge >= 0.3 is 5.97 Å². The minimum atomic E-state index is -0.891. The predicted octanol–water partition coefficient (Wildman–Crippen LogP) is 0.977. The average Bonchev–Trinajstić information content (AvgIpc) is 2.95. The van der Waals surface area contributed by atoms with E-state index in [-0.39, 0.29) is 24.4 Å². The first-order valence-corrected chi connectivity index (χ1v) is 7.15. The van der Waals surface area contributed by atoms with E-state index >= 15 is 0 Å². The van der Waals surface area contributed by atoms with Gasteiger partial charge in [-0.25, -0.2) is 0 Å². The zero-order valence-electron chi connectivity index (χ0n) is 11.7. The van der Waals surface area contributed by atoms with Crippen molar-refractivity contribution in [1.29, 1.82) is 0 Å². The summed E-state index contributed by atoms with van der Waals surface area (Å²) >= 11 is 0. The van der Waals surface area contributed by atoms with Crippen LogP contribution in [0.5, 0.6) is 0 Å². The van der Waals surface area contributed by atoms with Crippen molar-refractivity contribution >= 4 is 11.9 Å². The number of rotatable bonds is 5. The molecule has 108 valence electrons. The molecule has 19 heavy (non-hydrogen) atoms. The molecule has 5 nitrogen and oxygen atoms in total. The number of nitrogens with two attached hydrogens (primary N) is 1. The molecule has 0 aromatic rings. The van der Waals surface area contributed by atoms with Crippen LogP contribution < -0.4 is 11.1 Å². The summed E-state index contributed by atoms with van der Waals surface area (Å²) in [5.74, 6) is -0.155. The van der Waals surface area contributed by atoms with Crippen LogP contribution in [0.3, 0.4) is 0 Å². The van der Waals surface area contributed by atoms with Crippen LogP contribution in [0.25, 0.3) is 0 Å². The van der Waals surface area contributed by atoms with Gasteiger partial charge in [0.25, 0.3) is 0 Å². The second-order valence-corrected chi connectivity index (χ2v) is 6.37. The van der Waals surface area contributed by atoms with Gasteiger partial charge in [-0.1, -0.05) is 6.92 Å². The van der Waals surface area contributed by atoms with E-state index in [9.17, 15) is 14.7 Å².